The lowest BCUT2D eigenvalue weighted by Crippen LogP contribution is -2.27. The quantitative estimate of drug-likeness (QED) is 0.664. The van der Waals surface area contributed by atoms with Crippen LogP contribution in [0.25, 0.3) is 11.3 Å². The van der Waals surface area contributed by atoms with Gasteiger partial charge in [-0.2, -0.15) is 18.3 Å². The van der Waals surface area contributed by atoms with E-state index >= 15 is 0 Å². The van der Waals surface area contributed by atoms with Crippen molar-refractivity contribution in [1.82, 2.24) is 20.1 Å². The van der Waals surface area contributed by atoms with Gasteiger partial charge in [-0.15, -0.1) is 0 Å². The largest absolute Gasteiger partial charge is 0.433 e. The van der Waals surface area contributed by atoms with Crippen LogP contribution in [0.2, 0.25) is 0 Å². The lowest BCUT2D eigenvalue weighted by Gasteiger charge is -2.12. The molecule has 1 N–H and O–H groups in total. The zero-order valence-electron chi connectivity index (χ0n) is 14.7. The molecule has 3 heterocycles. The highest BCUT2D eigenvalue weighted by Gasteiger charge is 2.33. The fraction of sp³-hybridized carbons (Fsp3) is 0.211. The molecule has 1 atom stereocenters. The topological polar surface area (TPSA) is 59.8 Å². The van der Waals surface area contributed by atoms with Gasteiger partial charge in [0.1, 0.15) is 17.3 Å². The van der Waals surface area contributed by atoms with E-state index in [0.717, 1.165) is 24.4 Å². The summed E-state index contributed by atoms with van der Waals surface area (Å²) < 4.78 is 66.9. The molecule has 0 saturated heterocycles. The average molecular weight is 408 g/mol. The molecular formula is C19H13F5N4O. The van der Waals surface area contributed by atoms with Gasteiger partial charge < -0.3 is 5.32 Å². The van der Waals surface area contributed by atoms with Gasteiger partial charge in [0.05, 0.1) is 17.4 Å². The summed E-state index contributed by atoms with van der Waals surface area (Å²) in [5.74, 6) is -2.40. The standard InChI is InChI=1S/C19H13F5N4O/c20-12-5-11(6-13(21)8-12)18(29)26-14-2-4-28-16(14)9-15(27-28)10-1-3-25-17(7-10)19(22,23)24/h1,3,5-9,14H,2,4H2,(H,26,29)/t14-/m1/s1. The first kappa shape index (κ1) is 19.0. The molecule has 29 heavy (non-hydrogen) atoms. The van der Waals surface area contributed by atoms with Crippen molar-refractivity contribution in [3.63, 3.8) is 0 Å². The van der Waals surface area contributed by atoms with Crippen LogP contribution in [0.1, 0.15) is 34.2 Å². The monoisotopic (exact) mass is 408 g/mol. The Kier molecular flexibility index (Phi) is 4.56. The van der Waals surface area contributed by atoms with Crippen LogP contribution in [0, 0.1) is 11.6 Å². The third kappa shape index (κ3) is 3.82. The fourth-order valence-electron chi connectivity index (χ4n) is 3.25. The molecule has 2 aromatic heterocycles. The van der Waals surface area contributed by atoms with Gasteiger partial charge in [0, 0.05) is 29.9 Å². The van der Waals surface area contributed by atoms with Crippen molar-refractivity contribution in [3.8, 4) is 11.3 Å². The van der Waals surface area contributed by atoms with E-state index in [1.807, 2.05) is 0 Å². The first-order chi connectivity index (χ1) is 13.7. The third-order valence-electron chi connectivity index (χ3n) is 4.57. The number of benzene rings is 1. The zero-order chi connectivity index (χ0) is 20.8. The number of nitrogens with zero attached hydrogens (tertiary/aromatic N) is 3. The third-order valence-corrected chi connectivity index (χ3v) is 4.57. The number of fused-ring (bicyclic) bond motifs is 1. The molecule has 10 heteroatoms. The lowest BCUT2D eigenvalue weighted by molar-refractivity contribution is -0.141. The summed E-state index contributed by atoms with van der Waals surface area (Å²) in [6, 6.07) is 5.92. The number of carbonyl (C=O) groups excluding carboxylic acids is 1. The summed E-state index contributed by atoms with van der Waals surface area (Å²) in [6.07, 6.45) is -3.02. The number of aryl methyl sites for hydroxylation is 1. The Morgan fingerprint density at radius 1 is 1.10 bits per heavy atom. The van der Waals surface area contributed by atoms with Gasteiger partial charge in [0.15, 0.2) is 0 Å². The first-order valence-corrected chi connectivity index (χ1v) is 8.59. The van der Waals surface area contributed by atoms with Crippen LogP contribution in [-0.4, -0.2) is 20.7 Å². The Balaban J connectivity index is 1.57. The van der Waals surface area contributed by atoms with E-state index in [0.29, 0.717) is 30.4 Å². The van der Waals surface area contributed by atoms with Crippen LogP contribution in [0.5, 0.6) is 0 Å². The van der Waals surface area contributed by atoms with E-state index in [2.05, 4.69) is 15.4 Å². The first-order valence-electron chi connectivity index (χ1n) is 8.59. The molecule has 4 rings (SSSR count). The molecule has 0 aliphatic carbocycles. The van der Waals surface area contributed by atoms with Crippen molar-refractivity contribution in [2.45, 2.75) is 25.2 Å². The zero-order valence-corrected chi connectivity index (χ0v) is 14.7. The van der Waals surface area contributed by atoms with Crippen LogP contribution >= 0.6 is 0 Å². The number of hydrogen-bond donors (Lipinski definition) is 1. The lowest BCUT2D eigenvalue weighted by atomic mass is 10.1. The highest BCUT2D eigenvalue weighted by molar-refractivity contribution is 5.94. The Morgan fingerprint density at radius 2 is 1.83 bits per heavy atom. The summed E-state index contributed by atoms with van der Waals surface area (Å²) in [5, 5.41) is 6.97. The molecule has 1 aliphatic rings. The summed E-state index contributed by atoms with van der Waals surface area (Å²) >= 11 is 0. The van der Waals surface area contributed by atoms with Crippen LogP contribution in [0.15, 0.2) is 42.6 Å². The van der Waals surface area contributed by atoms with Gasteiger partial charge >= 0.3 is 6.18 Å². The fourth-order valence-corrected chi connectivity index (χ4v) is 3.25. The summed E-state index contributed by atoms with van der Waals surface area (Å²) in [4.78, 5) is 15.7. The summed E-state index contributed by atoms with van der Waals surface area (Å²) in [6.45, 7) is 0.439. The molecule has 1 aliphatic heterocycles. The summed E-state index contributed by atoms with van der Waals surface area (Å²) in [7, 11) is 0. The molecule has 0 unspecified atom stereocenters. The smallest absolute Gasteiger partial charge is 0.344 e. The van der Waals surface area contributed by atoms with Crippen molar-refractivity contribution in [2.24, 2.45) is 0 Å². The number of hydrogen-bond acceptors (Lipinski definition) is 3. The van der Waals surface area contributed by atoms with E-state index < -0.39 is 35.5 Å². The van der Waals surface area contributed by atoms with E-state index in [9.17, 15) is 26.7 Å². The van der Waals surface area contributed by atoms with Crippen LogP contribution < -0.4 is 5.32 Å². The van der Waals surface area contributed by atoms with Crippen molar-refractivity contribution < 1.29 is 26.7 Å². The van der Waals surface area contributed by atoms with Gasteiger partial charge in [0.2, 0.25) is 0 Å². The Labute approximate surface area is 161 Å². The second kappa shape index (κ2) is 6.94. The minimum Gasteiger partial charge on any atom is -0.344 e. The van der Waals surface area contributed by atoms with Crippen molar-refractivity contribution in [2.75, 3.05) is 0 Å². The summed E-state index contributed by atoms with van der Waals surface area (Å²) in [5.41, 5.74) is -0.0449. The van der Waals surface area contributed by atoms with E-state index in [1.54, 1.807) is 10.7 Å². The van der Waals surface area contributed by atoms with Crippen molar-refractivity contribution in [1.29, 1.82) is 0 Å². The number of halogens is 5. The minimum absolute atomic E-state index is 0.162. The maximum atomic E-state index is 13.3. The SMILES string of the molecule is O=C(N[C@@H]1CCn2nc(-c3ccnc(C(F)(F)F)c3)cc21)c1cc(F)cc(F)c1. The predicted octanol–water partition coefficient (Wildman–Crippen LogP) is 4.12. The van der Waals surface area contributed by atoms with E-state index in [-0.39, 0.29) is 11.1 Å². The van der Waals surface area contributed by atoms with Crippen molar-refractivity contribution >= 4 is 5.91 Å². The van der Waals surface area contributed by atoms with Gasteiger partial charge in [-0.05, 0) is 36.8 Å². The number of rotatable bonds is 3. The molecule has 3 aromatic rings. The number of aromatic nitrogens is 3. The Bertz CT molecular complexity index is 1070. The maximum absolute atomic E-state index is 13.3. The van der Waals surface area contributed by atoms with Gasteiger partial charge in [0.25, 0.3) is 5.91 Å². The van der Waals surface area contributed by atoms with Gasteiger partial charge in [-0.25, -0.2) is 8.78 Å². The van der Waals surface area contributed by atoms with Crippen LogP contribution in [0.4, 0.5) is 22.0 Å². The predicted molar refractivity (Wildman–Crippen MR) is 91.6 cm³/mol. The molecule has 0 saturated carbocycles. The molecule has 1 aromatic carbocycles. The molecule has 0 spiro atoms. The molecule has 150 valence electrons. The number of alkyl halides is 3. The van der Waals surface area contributed by atoms with E-state index in [1.165, 1.54) is 6.07 Å². The highest BCUT2D eigenvalue weighted by atomic mass is 19.4. The molecular weight excluding hydrogens is 395 g/mol. The number of pyridine rings is 1. The normalized spacial score (nSPS) is 16.0. The number of amides is 1. The number of carbonyl (C=O) groups is 1. The molecule has 5 nitrogen and oxygen atoms in total. The van der Waals surface area contributed by atoms with Crippen molar-refractivity contribution in [3.05, 3.63) is 71.2 Å². The number of nitrogens with one attached hydrogen (secondary N) is 1. The highest BCUT2D eigenvalue weighted by Crippen LogP contribution is 2.33. The average Bonchev–Trinajstić information content (AvgIpc) is 3.22. The Morgan fingerprint density at radius 3 is 2.52 bits per heavy atom. The molecule has 0 radical (unpaired) electrons. The second-order valence-corrected chi connectivity index (χ2v) is 6.58. The molecule has 1 amide bonds. The van der Waals surface area contributed by atoms with Gasteiger partial charge in [-0.1, -0.05) is 0 Å². The van der Waals surface area contributed by atoms with Gasteiger partial charge in [-0.3, -0.25) is 14.5 Å². The van der Waals surface area contributed by atoms with Crippen LogP contribution in [-0.2, 0) is 12.7 Å². The van der Waals surface area contributed by atoms with Crippen LogP contribution in [0.3, 0.4) is 0 Å². The minimum atomic E-state index is -4.57. The molecule has 0 fully saturated rings. The van der Waals surface area contributed by atoms with E-state index in [4.69, 9.17) is 0 Å². The second-order valence-electron chi connectivity index (χ2n) is 6.58. The molecule has 0 bridgehead atoms. The maximum Gasteiger partial charge on any atom is 0.433 e. The Hall–Kier alpha value is -3.30.